The molecule has 25 heavy (non-hydrogen) atoms. The number of amides is 1. The van der Waals surface area contributed by atoms with Gasteiger partial charge in [-0.15, -0.1) is 0 Å². The number of ether oxygens (including phenoxy) is 1. The van der Waals surface area contributed by atoms with Gasteiger partial charge in [-0.05, 0) is 24.3 Å². The quantitative estimate of drug-likeness (QED) is 0.571. The van der Waals surface area contributed by atoms with Gasteiger partial charge in [0.15, 0.2) is 0 Å². The number of halogens is 2. The molecule has 2 aromatic heterocycles. The summed E-state index contributed by atoms with van der Waals surface area (Å²) in [6, 6.07) is 9.01. The molecule has 1 aromatic carbocycles. The summed E-state index contributed by atoms with van der Waals surface area (Å²) in [5.74, 6) is 1.07. The normalized spacial score (nSPS) is 10.7. The number of carbonyl (C=O) groups is 1. The van der Waals surface area contributed by atoms with Crippen molar-refractivity contribution in [2.75, 3.05) is 25.5 Å². The minimum absolute atomic E-state index is 0.188. The van der Waals surface area contributed by atoms with E-state index in [0.29, 0.717) is 34.6 Å². The third-order valence-corrected chi connectivity index (χ3v) is 4.08. The van der Waals surface area contributed by atoms with Crippen molar-refractivity contribution in [3.63, 3.8) is 0 Å². The van der Waals surface area contributed by atoms with Crippen molar-refractivity contribution >= 4 is 45.8 Å². The highest BCUT2D eigenvalue weighted by Crippen LogP contribution is 2.22. The maximum absolute atomic E-state index is 12.2. The highest BCUT2D eigenvalue weighted by atomic mass is 35.5. The Morgan fingerprint density at radius 3 is 2.84 bits per heavy atom. The SMILES string of the molecule is COc1ccc2cc(C(=O)NCCNc3ncc(Cl)cc3Cl)[nH]c2c1. The van der Waals surface area contributed by atoms with E-state index in [1.807, 2.05) is 18.2 Å². The molecular weight excluding hydrogens is 363 g/mol. The van der Waals surface area contributed by atoms with Gasteiger partial charge in [-0.25, -0.2) is 4.98 Å². The highest BCUT2D eigenvalue weighted by molar-refractivity contribution is 6.35. The minimum atomic E-state index is -0.188. The molecule has 0 fully saturated rings. The Bertz CT molecular complexity index is 911. The van der Waals surface area contributed by atoms with Crippen molar-refractivity contribution in [1.82, 2.24) is 15.3 Å². The van der Waals surface area contributed by atoms with Crippen LogP contribution in [0.5, 0.6) is 5.75 Å². The summed E-state index contributed by atoms with van der Waals surface area (Å²) in [4.78, 5) is 19.4. The number of carbonyl (C=O) groups excluding carboxylic acids is 1. The molecule has 0 saturated carbocycles. The monoisotopic (exact) mass is 378 g/mol. The molecule has 3 aromatic rings. The lowest BCUT2D eigenvalue weighted by Crippen LogP contribution is -2.29. The summed E-state index contributed by atoms with van der Waals surface area (Å²) < 4.78 is 5.18. The van der Waals surface area contributed by atoms with Crippen LogP contribution in [0.3, 0.4) is 0 Å². The molecule has 6 nitrogen and oxygen atoms in total. The highest BCUT2D eigenvalue weighted by Gasteiger charge is 2.10. The molecule has 0 aliphatic heterocycles. The smallest absolute Gasteiger partial charge is 0.267 e. The Labute approximate surface area is 154 Å². The van der Waals surface area contributed by atoms with E-state index >= 15 is 0 Å². The molecule has 0 atom stereocenters. The summed E-state index contributed by atoms with van der Waals surface area (Å²) in [7, 11) is 1.60. The Balaban J connectivity index is 1.55. The number of fused-ring (bicyclic) bond motifs is 1. The zero-order chi connectivity index (χ0) is 17.8. The number of hydrogen-bond acceptors (Lipinski definition) is 4. The second-order valence-electron chi connectivity index (χ2n) is 5.30. The zero-order valence-corrected chi connectivity index (χ0v) is 14.9. The summed E-state index contributed by atoms with van der Waals surface area (Å²) in [5.41, 5.74) is 1.34. The summed E-state index contributed by atoms with van der Waals surface area (Å²) in [6.45, 7) is 0.895. The number of rotatable bonds is 6. The van der Waals surface area contributed by atoms with Crippen LogP contribution in [-0.4, -0.2) is 36.1 Å². The summed E-state index contributed by atoms with van der Waals surface area (Å²) in [6.07, 6.45) is 1.51. The number of pyridine rings is 1. The summed E-state index contributed by atoms with van der Waals surface area (Å²) >= 11 is 11.8. The lowest BCUT2D eigenvalue weighted by atomic mass is 10.2. The van der Waals surface area contributed by atoms with E-state index in [0.717, 1.165) is 16.7 Å². The van der Waals surface area contributed by atoms with Gasteiger partial charge in [0.25, 0.3) is 5.91 Å². The van der Waals surface area contributed by atoms with Gasteiger partial charge in [0.1, 0.15) is 17.3 Å². The molecule has 0 spiro atoms. The number of nitrogens with one attached hydrogen (secondary N) is 3. The fraction of sp³-hybridized carbons (Fsp3) is 0.176. The Morgan fingerprint density at radius 2 is 2.08 bits per heavy atom. The first kappa shape index (κ1) is 17.4. The number of aromatic nitrogens is 2. The average molecular weight is 379 g/mol. The van der Waals surface area contributed by atoms with Gasteiger partial charge in [-0.2, -0.15) is 0 Å². The maximum Gasteiger partial charge on any atom is 0.267 e. The van der Waals surface area contributed by atoms with Crippen molar-refractivity contribution in [2.24, 2.45) is 0 Å². The van der Waals surface area contributed by atoms with Crippen molar-refractivity contribution in [3.8, 4) is 5.75 Å². The van der Waals surface area contributed by atoms with E-state index in [1.165, 1.54) is 6.20 Å². The van der Waals surface area contributed by atoms with E-state index in [9.17, 15) is 4.79 Å². The van der Waals surface area contributed by atoms with Gasteiger partial charge in [-0.3, -0.25) is 4.79 Å². The van der Waals surface area contributed by atoms with Crippen LogP contribution in [0.25, 0.3) is 10.9 Å². The fourth-order valence-corrected chi connectivity index (χ4v) is 2.80. The predicted octanol–water partition coefficient (Wildman–Crippen LogP) is 3.72. The van der Waals surface area contributed by atoms with E-state index in [2.05, 4.69) is 20.6 Å². The molecule has 0 saturated heterocycles. The molecule has 2 heterocycles. The third kappa shape index (κ3) is 4.15. The van der Waals surface area contributed by atoms with Crippen LogP contribution < -0.4 is 15.4 Å². The summed E-state index contributed by atoms with van der Waals surface area (Å²) in [5, 5.41) is 7.73. The average Bonchev–Trinajstić information content (AvgIpc) is 3.03. The lowest BCUT2D eigenvalue weighted by Gasteiger charge is -2.08. The van der Waals surface area contributed by atoms with E-state index < -0.39 is 0 Å². The molecule has 1 amide bonds. The molecule has 3 rings (SSSR count). The van der Waals surface area contributed by atoms with Crippen molar-refractivity contribution < 1.29 is 9.53 Å². The first-order valence-electron chi connectivity index (χ1n) is 7.56. The topological polar surface area (TPSA) is 79.0 Å². The largest absolute Gasteiger partial charge is 0.497 e. The van der Waals surface area contributed by atoms with Crippen molar-refractivity contribution in [3.05, 3.63) is 52.3 Å². The number of H-pyrrole nitrogens is 1. The Hall–Kier alpha value is -2.44. The standard InChI is InChI=1S/C17H16Cl2N4O2/c1-25-12-3-2-10-6-15(23-14(10)8-12)17(24)21-5-4-20-16-13(19)7-11(18)9-22-16/h2-3,6-9,23H,4-5H2,1H3,(H,20,22)(H,21,24). The molecule has 0 bridgehead atoms. The van der Waals surface area contributed by atoms with Gasteiger partial charge in [0, 0.05) is 36.3 Å². The third-order valence-electron chi connectivity index (χ3n) is 3.59. The van der Waals surface area contributed by atoms with Crippen molar-refractivity contribution in [2.45, 2.75) is 0 Å². The van der Waals surface area contributed by atoms with Gasteiger partial charge >= 0.3 is 0 Å². The predicted molar refractivity (Wildman–Crippen MR) is 99.9 cm³/mol. The zero-order valence-electron chi connectivity index (χ0n) is 13.4. The Kier molecular flexibility index (Phi) is 5.31. The van der Waals surface area contributed by atoms with Crippen LogP contribution in [0.15, 0.2) is 36.5 Å². The minimum Gasteiger partial charge on any atom is -0.497 e. The number of anilines is 1. The number of hydrogen-bond donors (Lipinski definition) is 3. The van der Waals surface area contributed by atoms with Crippen LogP contribution >= 0.6 is 23.2 Å². The van der Waals surface area contributed by atoms with E-state index in [-0.39, 0.29) is 5.91 Å². The number of aromatic amines is 1. The van der Waals surface area contributed by atoms with Crippen LogP contribution in [-0.2, 0) is 0 Å². The van der Waals surface area contributed by atoms with Crippen LogP contribution in [0.4, 0.5) is 5.82 Å². The molecule has 130 valence electrons. The molecule has 0 unspecified atom stereocenters. The van der Waals surface area contributed by atoms with Crippen LogP contribution in [0, 0.1) is 0 Å². The molecule has 0 aliphatic rings. The lowest BCUT2D eigenvalue weighted by molar-refractivity contribution is 0.0951. The molecular formula is C17H16Cl2N4O2. The van der Waals surface area contributed by atoms with Gasteiger partial charge in [0.05, 0.1) is 17.2 Å². The number of methoxy groups -OCH3 is 1. The van der Waals surface area contributed by atoms with Gasteiger partial charge in [-0.1, -0.05) is 23.2 Å². The second-order valence-corrected chi connectivity index (χ2v) is 6.15. The van der Waals surface area contributed by atoms with Crippen LogP contribution in [0.2, 0.25) is 10.0 Å². The number of nitrogens with zero attached hydrogens (tertiary/aromatic N) is 1. The maximum atomic E-state index is 12.2. The van der Waals surface area contributed by atoms with E-state index in [4.69, 9.17) is 27.9 Å². The Morgan fingerprint density at radius 1 is 1.24 bits per heavy atom. The van der Waals surface area contributed by atoms with Crippen LogP contribution in [0.1, 0.15) is 10.5 Å². The van der Waals surface area contributed by atoms with E-state index in [1.54, 1.807) is 19.2 Å². The molecule has 3 N–H and O–H groups in total. The molecule has 0 radical (unpaired) electrons. The first-order chi connectivity index (χ1) is 12.1. The van der Waals surface area contributed by atoms with Gasteiger partial charge in [0.2, 0.25) is 0 Å². The molecule has 0 aliphatic carbocycles. The fourth-order valence-electron chi connectivity index (χ4n) is 2.35. The van der Waals surface area contributed by atoms with Gasteiger partial charge < -0.3 is 20.4 Å². The first-order valence-corrected chi connectivity index (χ1v) is 8.32. The number of benzene rings is 1. The molecule has 8 heteroatoms. The second kappa shape index (κ2) is 7.63. The van der Waals surface area contributed by atoms with Crippen molar-refractivity contribution in [1.29, 1.82) is 0 Å².